The monoisotopic (exact) mass is 275 g/mol. The summed E-state index contributed by atoms with van der Waals surface area (Å²) in [6, 6.07) is 6.98. The Morgan fingerprint density at radius 3 is 2.70 bits per heavy atom. The van der Waals surface area contributed by atoms with Crippen LogP contribution >= 0.6 is 0 Å². The van der Waals surface area contributed by atoms with Gasteiger partial charge < -0.3 is 15.0 Å². The molecule has 1 aromatic rings. The first-order chi connectivity index (χ1) is 9.79. The average Bonchev–Trinajstić information content (AvgIpc) is 3.29. The summed E-state index contributed by atoms with van der Waals surface area (Å²) in [7, 11) is 2.17. The van der Waals surface area contributed by atoms with Crippen molar-refractivity contribution in [3.63, 3.8) is 0 Å². The van der Waals surface area contributed by atoms with Crippen LogP contribution in [0.15, 0.2) is 18.2 Å². The smallest absolute Gasteiger partial charge is 0.0891 e. The van der Waals surface area contributed by atoms with Gasteiger partial charge in [0.05, 0.1) is 24.1 Å². The largest absolute Gasteiger partial charge is 0.372 e. The van der Waals surface area contributed by atoms with Crippen LogP contribution in [-0.4, -0.2) is 42.2 Å². The van der Waals surface area contributed by atoms with Crippen LogP contribution in [0.5, 0.6) is 0 Å². The zero-order valence-corrected chi connectivity index (χ0v) is 12.3. The van der Waals surface area contributed by atoms with E-state index in [0.717, 1.165) is 49.9 Å². The highest BCUT2D eigenvalue weighted by atomic mass is 16.5. The van der Waals surface area contributed by atoms with E-state index in [4.69, 9.17) is 4.74 Å². The van der Waals surface area contributed by atoms with Gasteiger partial charge in [-0.2, -0.15) is 0 Å². The topological polar surface area (TPSA) is 37.4 Å². The number of likely N-dealkylation sites (tertiary alicyclic amines) is 1. The molecule has 1 aromatic heterocycles. The minimum Gasteiger partial charge on any atom is -0.372 e. The Balaban J connectivity index is 1.45. The molecule has 4 nitrogen and oxygen atoms in total. The Kier molecular flexibility index (Phi) is 4.65. The maximum absolute atomic E-state index is 6.00. The van der Waals surface area contributed by atoms with Crippen molar-refractivity contribution in [1.82, 2.24) is 15.2 Å². The minimum absolute atomic E-state index is 0.404. The summed E-state index contributed by atoms with van der Waals surface area (Å²) in [6.07, 6.45) is 5.32. The number of pyridine rings is 1. The van der Waals surface area contributed by atoms with E-state index in [1.165, 1.54) is 12.8 Å². The van der Waals surface area contributed by atoms with E-state index in [-0.39, 0.29) is 0 Å². The fourth-order valence-electron chi connectivity index (χ4n) is 2.60. The lowest BCUT2D eigenvalue weighted by atomic mass is 10.1. The first-order valence-electron chi connectivity index (χ1n) is 7.78. The molecule has 1 aliphatic carbocycles. The number of hydrogen-bond donors (Lipinski definition) is 1. The molecule has 0 spiro atoms. The van der Waals surface area contributed by atoms with E-state index in [0.29, 0.717) is 12.7 Å². The molecule has 110 valence electrons. The highest BCUT2D eigenvalue weighted by Crippen LogP contribution is 2.19. The molecule has 0 unspecified atom stereocenters. The molecule has 0 radical (unpaired) electrons. The van der Waals surface area contributed by atoms with Gasteiger partial charge in [0.2, 0.25) is 0 Å². The molecule has 0 aromatic carbocycles. The maximum atomic E-state index is 6.00. The Labute approximate surface area is 121 Å². The summed E-state index contributed by atoms with van der Waals surface area (Å²) in [4.78, 5) is 7.04. The van der Waals surface area contributed by atoms with Crippen molar-refractivity contribution >= 4 is 0 Å². The molecule has 1 aliphatic heterocycles. The number of hydrogen-bond acceptors (Lipinski definition) is 4. The molecular formula is C16H25N3O. The summed E-state index contributed by atoms with van der Waals surface area (Å²) >= 11 is 0. The minimum atomic E-state index is 0.404. The quantitative estimate of drug-likeness (QED) is 0.861. The van der Waals surface area contributed by atoms with Crippen molar-refractivity contribution in [2.24, 2.45) is 0 Å². The lowest BCUT2D eigenvalue weighted by Crippen LogP contribution is -2.34. The number of ether oxygens (including phenoxy) is 1. The predicted molar refractivity (Wildman–Crippen MR) is 79.4 cm³/mol. The molecule has 20 heavy (non-hydrogen) atoms. The van der Waals surface area contributed by atoms with Crippen LogP contribution in [0.25, 0.3) is 0 Å². The van der Waals surface area contributed by atoms with Gasteiger partial charge >= 0.3 is 0 Å². The van der Waals surface area contributed by atoms with Gasteiger partial charge in [0.25, 0.3) is 0 Å². The molecule has 0 atom stereocenters. The number of piperidine rings is 1. The van der Waals surface area contributed by atoms with Crippen molar-refractivity contribution in [3.8, 4) is 0 Å². The molecule has 3 rings (SSSR count). The molecule has 0 amide bonds. The summed E-state index contributed by atoms with van der Waals surface area (Å²) in [5, 5.41) is 3.50. The van der Waals surface area contributed by atoms with Crippen LogP contribution in [-0.2, 0) is 17.9 Å². The molecule has 1 saturated carbocycles. The van der Waals surface area contributed by atoms with Gasteiger partial charge in [0, 0.05) is 25.7 Å². The van der Waals surface area contributed by atoms with Gasteiger partial charge in [-0.05, 0) is 44.9 Å². The van der Waals surface area contributed by atoms with Crippen LogP contribution in [0.1, 0.15) is 37.1 Å². The molecule has 1 N–H and O–H groups in total. The second-order valence-electron chi connectivity index (χ2n) is 6.09. The van der Waals surface area contributed by atoms with Gasteiger partial charge in [-0.25, -0.2) is 0 Å². The number of rotatable bonds is 6. The van der Waals surface area contributed by atoms with Crippen LogP contribution in [0.3, 0.4) is 0 Å². The molecule has 2 aliphatic rings. The molecule has 2 heterocycles. The van der Waals surface area contributed by atoms with Gasteiger partial charge in [0.1, 0.15) is 0 Å². The first-order valence-corrected chi connectivity index (χ1v) is 7.78. The van der Waals surface area contributed by atoms with E-state index in [2.05, 4.69) is 40.4 Å². The third kappa shape index (κ3) is 4.27. The van der Waals surface area contributed by atoms with Gasteiger partial charge in [0.15, 0.2) is 0 Å². The van der Waals surface area contributed by atoms with Crippen LogP contribution in [0, 0.1) is 0 Å². The van der Waals surface area contributed by atoms with Crippen molar-refractivity contribution in [3.05, 3.63) is 29.6 Å². The Bertz CT molecular complexity index is 425. The van der Waals surface area contributed by atoms with Gasteiger partial charge in [-0.15, -0.1) is 0 Å². The molecule has 2 fully saturated rings. The van der Waals surface area contributed by atoms with E-state index in [1.54, 1.807) is 0 Å². The fraction of sp³-hybridized carbons (Fsp3) is 0.688. The van der Waals surface area contributed by atoms with Crippen LogP contribution in [0.4, 0.5) is 0 Å². The molecule has 0 bridgehead atoms. The van der Waals surface area contributed by atoms with E-state index in [1.807, 2.05) is 0 Å². The second kappa shape index (κ2) is 6.66. The summed E-state index contributed by atoms with van der Waals surface area (Å²) in [5.41, 5.74) is 2.18. The van der Waals surface area contributed by atoms with E-state index < -0.39 is 0 Å². The Hall–Kier alpha value is -0.970. The third-order valence-corrected chi connectivity index (χ3v) is 4.15. The SMILES string of the molecule is CN1CCC(OCc2cccc(CNC3CC3)n2)CC1. The normalized spacial score (nSPS) is 21.2. The maximum Gasteiger partial charge on any atom is 0.0891 e. The second-order valence-corrected chi connectivity index (χ2v) is 6.09. The molecular weight excluding hydrogens is 250 g/mol. The van der Waals surface area contributed by atoms with Gasteiger partial charge in [-0.3, -0.25) is 4.98 Å². The number of aromatic nitrogens is 1. The van der Waals surface area contributed by atoms with Crippen LogP contribution < -0.4 is 5.32 Å². The molecule has 4 heteroatoms. The zero-order chi connectivity index (χ0) is 13.8. The highest BCUT2D eigenvalue weighted by Gasteiger charge is 2.20. The Morgan fingerprint density at radius 1 is 1.20 bits per heavy atom. The standard InChI is InChI=1S/C16H25N3O/c1-19-9-7-16(8-10-19)20-12-15-4-2-3-14(18-15)11-17-13-5-6-13/h2-4,13,16-17H,5-12H2,1H3. The van der Waals surface area contributed by atoms with E-state index in [9.17, 15) is 0 Å². The fourth-order valence-corrected chi connectivity index (χ4v) is 2.60. The average molecular weight is 275 g/mol. The third-order valence-electron chi connectivity index (χ3n) is 4.15. The van der Waals surface area contributed by atoms with Crippen LogP contribution in [0.2, 0.25) is 0 Å². The summed E-state index contributed by atoms with van der Waals surface area (Å²) in [5.74, 6) is 0. The lowest BCUT2D eigenvalue weighted by molar-refractivity contribution is 0.000695. The van der Waals surface area contributed by atoms with E-state index >= 15 is 0 Å². The Morgan fingerprint density at radius 2 is 1.95 bits per heavy atom. The van der Waals surface area contributed by atoms with Crippen molar-refractivity contribution in [1.29, 1.82) is 0 Å². The van der Waals surface area contributed by atoms with Crippen molar-refractivity contribution in [2.75, 3.05) is 20.1 Å². The van der Waals surface area contributed by atoms with Crippen molar-refractivity contribution in [2.45, 2.75) is 51.0 Å². The predicted octanol–water partition coefficient (Wildman–Crippen LogP) is 1.94. The summed E-state index contributed by atoms with van der Waals surface area (Å²) < 4.78 is 6.00. The zero-order valence-electron chi connectivity index (χ0n) is 12.3. The molecule has 1 saturated heterocycles. The lowest BCUT2D eigenvalue weighted by Gasteiger charge is -2.28. The van der Waals surface area contributed by atoms with Crippen molar-refractivity contribution < 1.29 is 4.74 Å². The number of nitrogens with zero attached hydrogens (tertiary/aromatic N) is 2. The summed E-state index contributed by atoms with van der Waals surface area (Å²) in [6.45, 7) is 3.81. The van der Waals surface area contributed by atoms with Gasteiger partial charge in [-0.1, -0.05) is 6.07 Å². The highest BCUT2D eigenvalue weighted by molar-refractivity contribution is 5.11. The first kappa shape index (κ1) is 14.0. The number of nitrogens with one attached hydrogen (secondary N) is 1.